The van der Waals surface area contributed by atoms with E-state index in [0.717, 1.165) is 47.8 Å². The molecule has 34 heavy (non-hydrogen) atoms. The molecule has 2 unspecified atom stereocenters. The molecule has 3 aromatic carbocycles. The van der Waals surface area contributed by atoms with Gasteiger partial charge in [0.2, 0.25) is 5.91 Å². The van der Waals surface area contributed by atoms with Gasteiger partial charge in [0.1, 0.15) is 0 Å². The number of halogens is 1. The van der Waals surface area contributed by atoms with Gasteiger partial charge in [0.15, 0.2) is 11.6 Å². The van der Waals surface area contributed by atoms with E-state index in [1.165, 1.54) is 13.2 Å². The Hall–Kier alpha value is -3.43. The molecule has 0 radical (unpaired) electrons. The fraction of sp³-hybridized carbons (Fsp3) is 0.357. The Labute approximate surface area is 199 Å². The zero-order valence-corrected chi connectivity index (χ0v) is 19.8. The second kappa shape index (κ2) is 9.82. The first-order valence-corrected chi connectivity index (χ1v) is 11.7. The van der Waals surface area contributed by atoms with Crippen molar-refractivity contribution in [2.45, 2.75) is 38.1 Å². The lowest BCUT2D eigenvalue weighted by Crippen LogP contribution is -2.49. The van der Waals surface area contributed by atoms with Crippen molar-refractivity contribution in [1.29, 1.82) is 5.26 Å². The summed E-state index contributed by atoms with van der Waals surface area (Å²) in [4.78, 5) is 13.6. The number of piperidine rings is 1. The highest BCUT2D eigenvalue weighted by molar-refractivity contribution is 5.88. The van der Waals surface area contributed by atoms with Crippen molar-refractivity contribution in [3.8, 4) is 11.8 Å². The molecule has 4 rings (SSSR count). The minimum absolute atomic E-state index is 0.0860. The van der Waals surface area contributed by atoms with E-state index in [9.17, 15) is 14.4 Å². The second-order valence-corrected chi connectivity index (χ2v) is 9.11. The van der Waals surface area contributed by atoms with Crippen molar-refractivity contribution in [3.05, 3.63) is 77.1 Å². The van der Waals surface area contributed by atoms with E-state index in [1.54, 1.807) is 6.07 Å². The number of ether oxygens (including phenoxy) is 1. The number of amides is 1. The maximum atomic E-state index is 14.6. The van der Waals surface area contributed by atoms with Gasteiger partial charge in [0.25, 0.3) is 0 Å². The van der Waals surface area contributed by atoms with Gasteiger partial charge >= 0.3 is 0 Å². The molecule has 3 aromatic rings. The lowest BCUT2D eigenvalue weighted by atomic mass is 9.65. The van der Waals surface area contributed by atoms with Crippen LogP contribution in [0.25, 0.3) is 10.8 Å². The van der Waals surface area contributed by atoms with Crippen LogP contribution in [0.4, 0.5) is 4.39 Å². The molecule has 1 saturated heterocycles. The standard InChI is InChI=1S/C28H30FN3O2/c1-18(28(10-12-31-13-11-28)22-8-9-26(34-3)25(29)16-22)27(33)32-19(2)24-15-20(17-30)14-21-6-4-5-7-23(21)24/h4-9,14-16,18-19,31H,10-13H2,1-3H3,(H,32,33). The van der Waals surface area contributed by atoms with Gasteiger partial charge in [-0.3, -0.25) is 4.79 Å². The van der Waals surface area contributed by atoms with Crippen LogP contribution < -0.4 is 15.4 Å². The molecule has 0 aromatic heterocycles. The van der Waals surface area contributed by atoms with Gasteiger partial charge in [0.05, 0.1) is 24.8 Å². The van der Waals surface area contributed by atoms with Crippen LogP contribution in [0.5, 0.6) is 5.75 Å². The molecule has 0 saturated carbocycles. The van der Waals surface area contributed by atoms with Crippen molar-refractivity contribution < 1.29 is 13.9 Å². The summed E-state index contributed by atoms with van der Waals surface area (Å²) >= 11 is 0. The molecule has 0 spiro atoms. The Balaban J connectivity index is 1.65. The maximum Gasteiger partial charge on any atom is 0.224 e. The molecular formula is C28H30FN3O2. The average Bonchev–Trinajstić information content (AvgIpc) is 2.87. The van der Waals surface area contributed by atoms with Gasteiger partial charge in [-0.2, -0.15) is 5.26 Å². The first-order valence-electron chi connectivity index (χ1n) is 11.7. The summed E-state index contributed by atoms with van der Waals surface area (Å²) in [6, 6.07) is 18.5. The van der Waals surface area contributed by atoms with Crippen LogP contribution in [0.2, 0.25) is 0 Å². The summed E-state index contributed by atoms with van der Waals surface area (Å²) in [5.41, 5.74) is 1.80. The fourth-order valence-electron chi connectivity index (χ4n) is 5.25. The van der Waals surface area contributed by atoms with E-state index in [4.69, 9.17) is 4.74 Å². The second-order valence-electron chi connectivity index (χ2n) is 9.11. The van der Waals surface area contributed by atoms with Crippen LogP contribution in [0, 0.1) is 23.1 Å². The lowest BCUT2D eigenvalue weighted by molar-refractivity contribution is -0.127. The number of carbonyl (C=O) groups excluding carboxylic acids is 1. The van der Waals surface area contributed by atoms with Crippen LogP contribution >= 0.6 is 0 Å². The number of nitrogens with one attached hydrogen (secondary N) is 2. The SMILES string of the molecule is COc1ccc(C2(C(C)C(=O)NC(C)c3cc(C#N)cc4ccccc34)CCNCC2)cc1F. The number of nitrogens with zero attached hydrogens (tertiary/aromatic N) is 1. The molecule has 1 aliphatic heterocycles. The number of benzene rings is 3. The predicted octanol–water partition coefficient (Wildman–Crippen LogP) is 4.99. The molecule has 1 amide bonds. The lowest BCUT2D eigenvalue weighted by Gasteiger charge is -2.42. The van der Waals surface area contributed by atoms with E-state index in [-0.39, 0.29) is 23.6 Å². The third kappa shape index (κ3) is 4.36. The molecule has 5 nitrogen and oxygen atoms in total. The number of rotatable bonds is 6. The average molecular weight is 460 g/mol. The van der Waals surface area contributed by atoms with Gasteiger partial charge in [-0.25, -0.2) is 4.39 Å². The molecule has 1 heterocycles. The normalized spacial score (nSPS) is 16.9. The molecule has 1 aliphatic rings. The fourth-order valence-corrected chi connectivity index (χ4v) is 5.25. The molecular weight excluding hydrogens is 429 g/mol. The smallest absolute Gasteiger partial charge is 0.224 e. The minimum atomic E-state index is -0.487. The molecule has 176 valence electrons. The van der Waals surface area contributed by atoms with Crippen molar-refractivity contribution >= 4 is 16.7 Å². The van der Waals surface area contributed by atoms with E-state index < -0.39 is 11.2 Å². The Kier molecular flexibility index (Phi) is 6.85. The molecule has 6 heteroatoms. The Bertz CT molecular complexity index is 1240. The van der Waals surface area contributed by atoms with Crippen LogP contribution in [-0.4, -0.2) is 26.1 Å². The van der Waals surface area contributed by atoms with Gasteiger partial charge in [-0.1, -0.05) is 37.3 Å². The van der Waals surface area contributed by atoms with Crippen molar-refractivity contribution in [2.75, 3.05) is 20.2 Å². The quantitative estimate of drug-likeness (QED) is 0.544. The van der Waals surface area contributed by atoms with Gasteiger partial charge in [-0.05, 0) is 79.0 Å². The van der Waals surface area contributed by atoms with Crippen molar-refractivity contribution in [1.82, 2.24) is 10.6 Å². The van der Waals surface area contributed by atoms with E-state index in [1.807, 2.05) is 56.3 Å². The Morgan fingerprint density at radius 2 is 1.88 bits per heavy atom. The largest absolute Gasteiger partial charge is 0.494 e. The predicted molar refractivity (Wildman–Crippen MR) is 131 cm³/mol. The highest BCUT2D eigenvalue weighted by Gasteiger charge is 2.43. The zero-order chi connectivity index (χ0) is 24.3. The molecule has 1 fully saturated rings. The van der Waals surface area contributed by atoms with Crippen molar-refractivity contribution in [2.24, 2.45) is 5.92 Å². The Morgan fingerprint density at radius 1 is 1.15 bits per heavy atom. The van der Waals surface area contributed by atoms with Crippen LogP contribution in [-0.2, 0) is 10.2 Å². The highest BCUT2D eigenvalue weighted by Crippen LogP contribution is 2.42. The third-order valence-electron chi connectivity index (χ3n) is 7.29. The minimum Gasteiger partial charge on any atom is -0.494 e. The van der Waals surface area contributed by atoms with Crippen LogP contribution in [0.3, 0.4) is 0 Å². The zero-order valence-electron chi connectivity index (χ0n) is 19.8. The summed E-state index contributed by atoms with van der Waals surface area (Å²) in [6.07, 6.45) is 1.46. The number of hydrogen-bond acceptors (Lipinski definition) is 4. The highest BCUT2D eigenvalue weighted by atomic mass is 19.1. The monoisotopic (exact) mass is 459 g/mol. The number of carbonyl (C=O) groups is 1. The summed E-state index contributed by atoms with van der Waals surface area (Å²) in [6.45, 7) is 5.39. The van der Waals surface area contributed by atoms with Crippen molar-refractivity contribution in [3.63, 3.8) is 0 Å². The Morgan fingerprint density at radius 3 is 2.56 bits per heavy atom. The van der Waals surface area contributed by atoms with Crippen LogP contribution in [0.1, 0.15) is 49.4 Å². The van der Waals surface area contributed by atoms with E-state index in [2.05, 4.69) is 16.7 Å². The summed E-state index contributed by atoms with van der Waals surface area (Å²) in [5, 5.41) is 18.0. The molecule has 0 aliphatic carbocycles. The van der Waals surface area contributed by atoms with Gasteiger partial charge < -0.3 is 15.4 Å². The first kappa shape index (κ1) is 23.7. The number of fused-ring (bicyclic) bond motifs is 1. The topological polar surface area (TPSA) is 74.1 Å². The third-order valence-corrected chi connectivity index (χ3v) is 7.29. The van der Waals surface area contributed by atoms with Gasteiger partial charge in [0, 0.05) is 11.3 Å². The van der Waals surface area contributed by atoms with E-state index in [0.29, 0.717) is 5.56 Å². The summed E-state index contributed by atoms with van der Waals surface area (Å²) < 4.78 is 19.7. The first-order chi connectivity index (χ1) is 16.4. The number of hydrogen-bond donors (Lipinski definition) is 2. The molecule has 2 atom stereocenters. The van der Waals surface area contributed by atoms with Crippen LogP contribution in [0.15, 0.2) is 54.6 Å². The number of methoxy groups -OCH3 is 1. The number of nitriles is 1. The molecule has 2 N–H and O–H groups in total. The summed E-state index contributed by atoms with van der Waals surface area (Å²) in [7, 11) is 1.45. The maximum absolute atomic E-state index is 14.6. The summed E-state index contributed by atoms with van der Waals surface area (Å²) in [5.74, 6) is -0.686. The van der Waals surface area contributed by atoms with E-state index >= 15 is 0 Å². The van der Waals surface area contributed by atoms with Gasteiger partial charge in [-0.15, -0.1) is 0 Å². The molecule has 0 bridgehead atoms.